The summed E-state index contributed by atoms with van der Waals surface area (Å²) < 4.78 is 6.15. The van der Waals surface area contributed by atoms with E-state index in [1.165, 1.54) is 135 Å². The summed E-state index contributed by atoms with van der Waals surface area (Å²) in [6.45, 7) is 17.4. The van der Waals surface area contributed by atoms with Gasteiger partial charge in [0.25, 0.3) is 0 Å². The maximum absolute atomic E-state index is 12.9. The Bertz CT molecular complexity index is 1110. The summed E-state index contributed by atoms with van der Waals surface area (Å²) >= 11 is 0. The van der Waals surface area contributed by atoms with Crippen LogP contribution >= 0.6 is 0 Å². The lowest BCUT2D eigenvalue weighted by Gasteiger charge is -2.58. The third-order valence-electron chi connectivity index (χ3n) is 15.7. The summed E-state index contributed by atoms with van der Waals surface area (Å²) in [5, 5.41) is 0. The summed E-state index contributed by atoms with van der Waals surface area (Å²) in [6, 6.07) is 0. The predicted molar refractivity (Wildman–Crippen MR) is 225 cm³/mol. The van der Waals surface area contributed by atoms with Crippen LogP contribution in [0.3, 0.4) is 0 Å². The third-order valence-corrected chi connectivity index (χ3v) is 15.7. The Morgan fingerprint density at radius 3 is 2.10 bits per heavy atom. The fourth-order valence-corrected chi connectivity index (χ4v) is 11.8. The summed E-state index contributed by atoms with van der Waals surface area (Å²) in [4.78, 5) is 12.9. The molecule has 0 spiro atoms. The van der Waals surface area contributed by atoms with Crippen LogP contribution in [0.25, 0.3) is 0 Å². The molecule has 0 aliphatic heterocycles. The first kappa shape index (κ1) is 43.4. The van der Waals surface area contributed by atoms with E-state index in [9.17, 15) is 4.79 Å². The summed E-state index contributed by atoms with van der Waals surface area (Å²) in [5.74, 6) is 6.08. The van der Waals surface area contributed by atoms with Gasteiger partial charge in [-0.2, -0.15) is 0 Å². The predicted octanol–water partition coefficient (Wildman–Crippen LogP) is 15.6. The Balaban J connectivity index is 1.06. The molecule has 4 aliphatic carbocycles. The van der Waals surface area contributed by atoms with E-state index >= 15 is 0 Å². The molecule has 0 aromatic heterocycles. The normalized spacial score (nSPS) is 31.4. The number of ether oxygens (including phenoxy) is 1. The molecule has 2 heteroatoms. The average molecular weight is 719 g/mol. The molecule has 3 fully saturated rings. The third kappa shape index (κ3) is 12.4. The first-order chi connectivity index (χ1) is 25.1. The molecule has 0 saturated heterocycles. The van der Waals surface area contributed by atoms with Gasteiger partial charge < -0.3 is 4.74 Å². The van der Waals surface area contributed by atoms with E-state index < -0.39 is 0 Å². The van der Waals surface area contributed by atoms with Gasteiger partial charge in [0.1, 0.15) is 6.10 Å². The molecule has 0 radical (unpaired) electrons. The Kier molecular flexibility index (Phi) is 18.6. The minimum Gasteiger partial charge on any atom is -0.462 e. The number of hydrogen-bond acceptors (Lipinski definition) is 2. The smallest absolute Gasteiger partial charge is 0.306 e. The Hall–Kier alpha value is -1.31. The zero-order chi connectivity index (χ0) is 37.4. The van der Waals surface area contributed by atoms with Crippen LogP contribution in [0.2, 0.25) is 0 Å². The van der Waals surface area contributed by atoms with Crippen LogP contribution in [-0.2, 0) is 9.53 Å². The number of carbonyl (C=O) groups excluding carboxylic acids is 1. The minimum atomic E-state index is 0.0577. The van der Waals surface area contributed by atoms with E-state index in [1.54, 1.807) is 5.57 Å². The summed E-state index contributed by atoms with van der Waals surface area (Å²) in [6.07, 6.45) is 45.0. The van der Waals surface area contributed by atoms with Crippen LogP contribution < -0.4 is 0 Å². The van der Waals surface area contributed by atoms with E-state index in [-0.39, 0.29) is 12.1 Å². The Morgan fingerprint density at radius 2 is 1.42 bits per heavy atom. The van der Waals surface area contributed by atoms with Gasteiger partial charge in [-0.05, 0) is 136 Å². The number of rotatable bonds is 24. The minimum absolute atomic E-state index is 0.0577. The van der Waals surface area contributed by atoms with Crippen molar-refractivity contribution in [3.63, 3.8) is 0 Å². The molecule has 4 aliphatic rings. The first-order valence-electron chi connectivity index (χ1n) is 23.3. The Labute approximate surface area is 324 Å². The second-order valence-corrected chi connectivity index (χ2v) is 19.5. The van der Waals surface area contributed by atoms with Gasteiger partial charge >= 0.3 is 5.97 Å². The molecule has 0 bridgehead atoms. The van der Waals surface area contributed by atoms with Crippen LogP contribution in [0.5, 0.6) is 0 Å². The van der Waals surface area contributed by atoms with Crippen LogP contribution in [0.1, 0.15) is 215 Å². The van der Waals surface area contributed by atoms with Crippen molar-refractivity contribution in [1.82, 2.24) is 0 Å². The molecule has 2 nitrogen and oxygen atoms in total. The second kappa shape index (κ2) is 22.3. The van der Waals surface area contributed by atoms with Gasteiger partial charge in [-0.3, -0.25) is 4.79 Å². The second-order valence-electron chi connectivity index (χ2n) is 19.5. The average Bonchev–Trinajstić information content (AvgIpc) is 3.48. The van der Waals surface area contributed by atoms with Gasteiger partial charge in [0.2, 0.25) is 0 Å². The van der Waals surface area contributed by atoms with E-state index in [0.717, 1.165) is 67.1 Å². The summed E-state index contributed by atoms with van der Waals surface area (Å²) in [7, 11) is 0. The molecule has 4 rings (SSSR count). The molecule has 298 valence electrons. The van der Waals surface area contributed by atoms with E-state index in [1.807, 2.05) is 0 Å². The molecule has 9 atom stereocenters. The number of hydrogen-bond donors (Lipinski definition) is 0. The van der Waals surface area contributed by atoms with Gasteiger partial charge in [-0.1, -0.05) is 155 Å². The van der Waals surface area contributed by atoms with Crippen LogP contribution in [0.4, 0.5) is 0 Å². The van der Waals surface area contributed by atoms with Crippen molar-refractivity contribution >= 4 is 5.97 Å². The fraction of sp³-hybridized carbons (Fsp3) is 0.860. The highest BCUT2D eigenvalue weighted by Crippen LogP contribution is 2.67. The van der Waals surface area contributed by atoms with Crippen LogP contribution in [0.15, 0.2) is 36.0 Å². The van der Waals surface area contributed by atoms with Gasteiger partial charge in [0.15, 0.2) is 0 Å². The van der Waals surface area contributed by atoms with Crippen molar-refractivity contribution in [3.05, 3.63) is 36.0 Å². The molecule has 0 aromatic carbocycles. The van der Waals surface area contributed by atoms with E-state index in [4.69, 9.17) is 4.74 Å². The molecule has 0 unspecified atom stereocenters. The molecule has 0 amide bonds. The van der Waals surface area contributed by atoms with Crippen molar-refractivity contribution in [3.8, 4) is 0 Å². The SMILES string of the molecule is CCCCC/C=C\C/C=C\CCCCCCCCCCCC(=O)O[C@H]1CC[C@@]2(C)C(=CC[C@H]3[C@@H]4CC[C@H]([C@H](C)CC[C@@H](C)C(C)C)[C@@]4(C)CC[C@@H]32)C1. The molecule has 0 N–H and O–H groups in total. The molecular weight excluding hydrogens is 633 g/mol. The lowest BCUT2D eigenvalue weighted by atomic mass is 9.47. The largest absolute Gasteiger partial charge is 0.462 e. The molecule has 0 heterocycles. The number of fused-ring (bicyclic) bond motifs is 5. The van der Waals surface area contributed by atoms with Gasteiger partial charge in [-0.25, -0.2) is 0 Å². The van der Waals surface area contributed by atoms with E-state index in [0.29, 0.717) is 17.3 Å². The van der Waals surface area contributed by atoms with Crippen molar-refractivity contribution in [2.24, 2.45) is 52.3 Å². The van der Waals surface area contributed by atoms with Gasteiger partial charge in [0, 0.05) is 12.8 Å². The van der Waals surface area contributed by atoms with Crippen LogP contribution in [0, 0.1) is 52.3 Å². The maximum atomic E-state index is 12.9. The number of esters is 1. The highest BCUT2D eigenvalue weighted by atomic mass is 16.5. The summed E-state index contributed by atoms with van der Waals surface area (Å²) in [5.41, 5.74) is 2.51. The van der Waals surface area contributed by atoms with Crippen molar-refractivity contribution in [1.29, 1.82) is 0 Å². The molecule has 52 heavy (non-hydrogen) atoms. The molecule has 0 aromatic rings. The van der Waals surface area contributed by atoms with Crippen molar-refractivity contribution in [2.75, 3.05) is 0 Å². The standard InChI is InChI=1S/C50H86O2/c1-8-9-10-11-12-13-14-15-16-17-18-19-20-21-22-23-24-25-26-27-48(51)52-43-34-36-49(6)42(38-43)30-31-44-46-33-32-45(50(46,7)37-35-47(44)49)41(5)29-28-40(4)39(2)3/h12-13,15-16,30,39-41,43-47H,8-11,14,17-29,31-38H2,1-7H3/b13-12-,16-15-/t40-,41-,43+,44+,45-,46+,47+,49+,50-/m1/s1. The van der Waals surface area contributed by atoms with Crippen molar-refractivity contribution in [2.45, 2.75) is 222 Å². The highest BCUT2D eigenvalue weighted by molar-refractivity contribution is 5.69. The topological polar surface area (TPSA) is 26.3 Å². The van der Waals surface area contributed by atoms with E-state index in [2.05, 4.69) is 78.8 Å². The molecule has 3 saturated carbocycles. The number of allylic oxidation sites excluding steroid dienone is 5. The lowest BCUT2D eigenvalue weighted by molar-refractivity contribution is -0.151. The number of unbranched alkanes of at least 4 members (excludes halogenated alkanes) is 12. The fourth-order valence-electron chi connectivity index (χ4n) is 11.8. The van der Waals surface area contributed by atoms with Gasteiger partial charge in [-0.15, -0.1) is 0 Å². The quantitative estimate of drug-likeness (QED) is 0.0564. The lowest BCUT2D eigenvalue weighted by Crippen LogP contribution is -2.51. The highest BCUT2D eigenvalue weighted by Gasteiger charge is 2.59. The zero-order valence-corrected chi connectivity index (χ0v) is 35.7. The first-order valence-corrected chi connectivity index (χ1v) is 23.3. The van der Waals surface area contributed by atoms with Crippen LogP contribution in [-0.4, -0.2) is 12.1 Å². The Morgan fingerprint density at radius 1 is 0.769 bits per heavy atom. The molecular formula is C50H86O2. The van der Waals surface area contributed by atoms with Crippen molar-refractivity contribution < 1.29 is 9.53 Å². The number of carbonyl (C=O) groups is 1. The monoisotopic (exact) mass is 719 g/mol. The maximum Gasteiger partial charge on any atom is 0.306 e. The zero-order valence-electron chi connectivity index (χ0n) is 35.7. The van der Waals surface area contributed by atoms with Gasteiger partial charge in [0.05, 0.1) is 0 Å².